The van der Waals surface area contributed by atoms with Crippen LogP contribution in [0.3, 0.4) is 0 Å². The van der Waals surface area contributed by atoms with Crippen molar-refractivity contribution < 1.29 is 19.2 Å². The summed E-state index contributed by atoms with van der Waals surface area (Å²) in [5.74, 6) is 0.162. The number of non-ortho nitro benzene ring substituents is 1. The normalized spacial score (nSPS) is 17.9. The quantitative estimate of drug-likeness (QED) is 0.639. The highest BCUT2D eigenvalue weighted by Crippen LogP contribution is 2.25. The Morgan fingerprint density at radius 3 is 3.08 bits per heavy atom. The fourth-order valence-corrected chi connectivity index (χ4v) is 2.94. The largest absolute Gasteiger partial charge is 0.480 e. The topological polar surface area (TPSA) is 110 Å². The number of nitrogens with zero attached hydrogens (tertiary/aromatic N) is 3. The first-order chi connectivity index (χ1) is 11.5. The second kappa shape index (κ2) is 6.79. The number of carboxylic acids is 1. The predicted molar refractivity (Wildman–Crippen MR) is 84.5 cm³/mol. The maximum absolute atomic E-state index is 11.2. The standard InChI is InChI=1S/C16H17N3O5/c20-16(21)13-5-2-7-18(13)8-6-15-17-10-14(24-15)11-3-1-4-12(9-11)19(22)23/h1,3-4,9-10,13H,2,5-8H2,(H,20,21)/t13-/m1/s1. The van der Waals surface area contributed by atoms with Gasteiger partial charge in [-0.15, -0.1) is 0 Å². The van der Waals surface area contributed by atoms with Crippen molar-refractivity contribution in [3.63, 3.8) is 0 Å². The molecule has 1 saturated heterocycles. The fraction of sp³-hybridized carbons (Fsp3) is 0.375. The predicted octanol–water partition coefficient (Wildman–Crippen LogP) is 2.34. The van der Waals surface area contributed by atoms with Crippen LogP contribution in [0.25, 0.3) is 11.3 Å². The molecule has 0 unspecified atom stereocenters. The second-order valence-corrected chi connectivity index (χ2v) is 5.71. The zero-order chi connectivity index (χ0) is 17.1. The van der Waals surface area contributed by atoms with Crippen LogP contribution in [-0.4, -0.2) is 45.0 Å². The summed E-state index contributed by atoms with van der Waals surface area (Å²) in [6.45, 7) is 1.32. The van der Waals surface area contributed by atoms with Crippen LogP contribution in [0.5, 0.6) is 0 Å². The van der Waals surface area contributed by atoms with Crippen LogP contribution >= 0.6 is 0 Å². The van der Waals surface area contributed by atoms with Gasteiger partial charge in [-0.3, -0.25) is 19.8 Å². The summed E-state index contributed by atoms with van der Waals surface area (Å²) < 4.78 is 5.65. The Morgan fingerprint density at radius 1 is 1.50 bits per heavy atom. The number of aliphatic carboxylic acids is 1. The third-order valence-corrected chi connectivity index (χ3v) is 4.16. The summed E-state index contributed by atoms with van der Waals surface area (Å²) >= 11 is 0. The van der Waals surface area contributed by atoms with E-state index in [4.69, 9.17) is 9.52 Å². The molecule has 1 aromatic carbocycles. The van der Waals surface area contributed by atoms with E-state index in [0.717, 1.165) is 13.0 Å². The van der Waals surface area contributed by atoms with Gasteiger partial charge in [0.05, 0.1) is 11.1 Å². The Labute approximate surface area is 137 Å². The van der Waals surface area contributed by atoms with Crippen molar-refractivity contribution in [2.45, 2.75) is 25.3 Å². The van der Waals surface area contributed by atoms with Gasteiger partial charge >= 0.3 is 5.97 Å². The summed E-state index contributed by atoms with van der Waals surface area (Å²) in [6, 6.07) is 5.73. The van der Waals surface area contributed by atoms with Crippen LogP contribution in [0.1, 0.15) is 18.7 Å². The number of hydrogen-bond donors (Lipinski definition) is 1. The molecular weight excluding hydrogens is 314 g/mol. The van der Waals surface area contributed by atoms with Gasteiger partial charge < -0.3 is 9.52 Å². The molecular formula is C16H17N3O5. The molecule has 2 heterocycles. The Kier molecular flexibility index (Phi) is 4.57. The molecule has 0 radical (unpaired) electrons. The van der Waals surface area contributed by atoms with Gasteiger partial charge in [0.15, 0.2) is 11.7 Å². The monoisotopic (exact) mass is 331 g/mol. The van der Waals surface area contributed by atoms with Crippen molar-refractivity contribution in [2.24, 2.45) is 0 Å². The van der Waals surface area contributed by atoms with E-state index in [1.807, 2.05) is 4.90 Å². The lowest BCUT2D eigenvalue weighted by Crippen LogP contribution is -2.37. The number of rotatable bonds is 6. The van der Waals surface area contributed by atoms with E-state index in [2.05, 4.69) is 4.98 Å². The van der Waals surface area contributed by atoms with Crippen molar-refractivity contribution in [1.82, 2.24) is 9.88 Å². The van der Waals surface area contributed by atoms with Crippen molar-refractivity contribution in [1.29, 1.82) is 0 Å². The molecule has 0 bridgehead atoms. The van der Waals surface area contributed by atoms with E-state index in [1.54, 1.807) is 12.1 Å². The van der Waals surface area contributed by atoms with Gasteiger partial charge in [-0.2, -0.15) is 0 Å². The van der Waals surface area contributed by atoms with Crippen LogP contribution in [0.15, 0.2) is 34.9 Å². The first-order valence-electron chi connectivity index (χ1n) is 7.71. The van der Waals surface area contributed by atoms with Gasteiger partial charge in [0.25, 0.3) is 5.69 Å². The summed E-state index contributed by atoms with van der Waals surface area (Å²) in [5.41, 5.74) is 0.583. The smallest absolute Gasteiger partial charge is 0.320 e. The minimum Gasteiger partial charge on any atom is -0.480 e. The molecule has 2 aromatic rings. The molecule has 1 N–H and O–H groups in total. The van der Waals surface area contributed by atoms with E-state index in [1.165, 1.54) is 18.3 Å². The Balaban J connectivity index is 1.67. The molecule has 1 fully saturated rings. The van der Waals surface area contributed by atoms with Crippen molar-refractivity contribution in [3.8, 4) is 11.3 Å². The van der Waals surface area contributed by atoms with E-state index < -0.39 is 16.9 Å². The van der Waals surface area contributed by atoms with E-state index in [0.29, 0.717) is 36.6 Å². The second-order valence-electron chi connectivity index (χ2n) is 5.71. The highest BCUT2D eigenvalue weighted by atomic mass is 16.6. The van der Waals surface area contributed by atoms with E-state index in [9.17, 15) is 14.9 Å². The van der Waals surface area contributed by atoms with Crippen molar-refractivity contribution in [3.05, 3.63) is 46.5 Å². The van der Waals surface area contributed by atoms with Gasteiger partial charge in [0, 0.05) is 30.7 Å². The third kappa shape index (κ3) is 3.43. The van der Waals surface area contributed by atoms with Gasteiger partial charge in [-0.05, 0) is 19.4 Å². The first kappa shape index (κ1) is 16.1. The molecule has 0 aliphatic carbocycles. The number of carboxylic acid groups (broad SMARTS) is 1. The lowest BCUT2D eigenvalue weighted by atomic mass is 10.2. The molecule has 0 saturated carbocycles. The maximum atomic E-state index is 11.2. The molecule has 1 aliphatic heterocycles. The number of carbonyl (C=O) groups is 1. The highest BCUT2D eigenvalue weighted by Gasteiger charge is 2.30. The number of nitro benzene ring substituents is 1. The maximum Gasteiger partial charge on any atom is 0.320 e. The number of oxazole rings is 1. The van der Waals surface area contributed by atoms with Crippen LogP contribution in [0, 0.1) is 10.1 Å². The minimum absolute atomic E-state index is 0.00758. The SMILES string of the molecule is O=C(O)[C@H]1CCCN1CCc1ncc(-c2cccc([N+](=O)[O-])c2)o1. The van der Waals surface area contributed by atoms with Crippen LogP contribution in [-0.2, 0) is 11.2 Å². The first-order valence-corrected chi connectivity index (χ1v) is 7.71. The number of hydrogen-bond acceptors (Lipinski definition) is 6. The van der Waals surface area contributed by atoms with Crippen LogP contribution < -0.4 is 0 Å². The van der Waals surface area contributed by atoms with Gasteiger partial charge in [-0.1, -0.05) is 12.1 Å². The molecule has 3 rings (SSSR count). The minimum atomic E-state index is -0.794. The molecule has 0 amide bonds. The lowest BCUT2D eigenvalue weighted by Gasteiger charge is -2.19. The zero-order valence-corrected chi connectivity index (χ0v) is 12.9. The Morgan fingerprint density at radius 2 is 2.33 bits per heavy atom. The number of nitro groups is 1. The summed E-state index contributed by atoms with van der Waals surface area (Å²) in [6.07, 6.45) is 3.58. The van der Waals surface area contributed by atoms with Gasteiger partial charge in [0.2, 0.25) is 0 Å². The van der Waals surface area contributed by atoms with Gasteiger partial charge in [-0.25, -0.2) is 4.98 Å². The summed E-state index contributed by atoms with van der Waals surface area (Å²) in [5, 5.41) is 20.0. The Bertz CT molecular complexity index is 758. The van der Waals surface area contributed by atoms with Crippen LogP contribution in [0.4, 0.5) is 5.69 Å². The molecule has 8 nitrogen and oxygen atoms in total. The highest BCUT2D eigenvalue weighted by molar-refractivity contribution is 5.73. The average molecular weight is 331 g/mol. The van der Waals surface area contributed by atoms with Crippen molar-refractivity contribution in [2.75, 3.05) is 13.1 Å². The number of benzene rings is 1. The molecule has 0 spiro atoms. The Hall–Kier alpha value is -2.74. The van der Waals surface area contributed by atoms with E-state index >= 15 is 0 Å². The molecule has 126 valence electrons. The molecule has 24 heavy (non-hydrogen) atoms. The average Bonchev–Trinajstić information content (AvgIpc) is 3.22. The van der Waals surface area contributed by atoms with Crippen molar-refractivity contribution >= 4 is 11.7 Å². The number of likely N-dealkylation sites (tertiary alicyclic amines) is 1. The summed E-state index contributed by atoms with van der Waals surface area (Å²) in [7, 11) is 0. The molecule has 1 atom stereocenters. The molecule has 1 aromatic heterocycles. The fourth-order valence-electron chi connectivity index (χ4n) is 2.94. The third-order valence-electron chi connectivity index (χ3n) is 4.16. The molecule has 1 aliphatic rings. The van der Waals surface area contributed by atoms with Gasteiger partial charge in [0.1, 0.15) is 6.04 Å². The zero-order valence-electron chi connectivity index (χ0n) is 12.9. The van der Waals surface area contributed by atoms with Crippen LogP contribution in [0.2, 0.25) is 0 Å². The lowest BCUT2D eigenvalue weighted by molar-refractivity contribution is -0.384. The number of aromatic nitrogens is 1. The summed E-state index contributed by atoms with van der Waals surface area (Å²) in [4.78, 5) is 27.6. The molecule has 8 heteroatoms. The van der Waals surface area contributed by atoms with E-state index in [-0.39, 0.29) is 5.69 Å².